The van der Waals surface area contributed by atoms with Gasteiger partial charge in [-0.2, -0.15) is 0 Å². The minimum Gasteiger partial charge on any atom is -0.310 e. The van der Waals surface area contributed by atoms with E-state index in [4.69, 9.17) is 0 Å². The van der Waals surface area contributed by atoms with Crippen LogP contribution in [0.25, 0.3) is 76.8 Å². The minimum absolute atomic E-state index is 0.516. The molecule has 0 amide bonds. The van der Waals surface area contributed by atoms with E-state index >= 15 is 0 Å². The number of aryl methyl sites for hydroxylation is 1. The summed E-state index contributed by atoms with van der Waals surface area (Å²) in [7, 11) is 0. The Kier molecular flexibility index (Phi) is 9.88. The number of hydrogen-bond acceptors (Lipinski definition) is 1. The van der Waals surface area contributed by atoms with Crippen molar-refractivity contribution in [2.75, 3.05) is 4.90 Å². The van der Waals surface area contributed by atoms with Gasteiger partial charge in [0, 0.05) is 17.1 Å². The molecule has 1 aliphatic rings. The zero-order valence-electron chi connectivity index (χ0n) is 36.2. The smallest absolute Gasteiger partial charge is 0.0468 e. The van der Waals surface area contributed by atoms with Gasteiger partial charge in [0.25, 0.3) is 0 Å². The Bertz CT molecular complexity index is 3510. The first-order chi connectivity index (χ1) is 32.2. The largest absolute Gasteiger partial charge is 0.310 e. The topological polar surface area (TPSA) is 3.24 Å². The highest BCUT2D eigenvalue weighted by Gasteiger charge is 2.24. The molecule has 1 atom stereocenters. The van der Waals surface area contributed by atoms with Crippen LogP contribution in [0.2, 0.25) is 0 Å². The Labute approximate surface area is 381 Å². The van der Waals surface area contributed by atoms with Crippen LogP contribution in [0.5, 0.6) is 0 Å². The van der Waals surface area contributed by atoms with Crippen LogP contribution in [0.4, 0.5) is 17.1 Å². The molecule has 1 aliphatic carbocycles. The predicted molar refractivity (Wildman–Crippen MR) is 277 cm³/mol. The van der Waals surface area contributed by atoms with Gasteiger partial charge in [0.2, 0.25) is 0 Å². The molecule has 308 valence electrons. The van der Waals surface area contributed by atoms with Crippen molar-refractivity contribution in [1.82, 2.24) is 0 Å². The van der Waals surface area contributed by atoms with Crippen molar-refractivity contribution < 1.29 is 0 Å². The van der Waals surface area contributed by atoms with Crippen LogP contribution < -0.4 is 4.90 Å². The lowest BCUT2D eigenvalue weighted by Gasteiger charge is -2.28. The molecule has 0 saturated heterocycles. The third kappa shape index (κ3) is 7.26. The van der Waals surface area contributed by atoms with Crippen LogP contribution >= 0.6 is 0 Å². The number of hydrogen-bond donors (Lipinski definition) is 0. The van der Waals surface area contributed by atoms with Gasteiger partial charge < -0.3 is 4.90 Å². The minimum atomic E-state index is 0.516. The molecule has 0 fully saturated rings. The number of anilines is 3. The first-order valence-corrected chi connectivity index (χ1v) is 23.0. The highest BCUT2D eigenvalue weighted by Crippen LogP contribution is 2.44. The maximum Gasteiger partial charge on any atom is 0.0468 e. The summed E-state index contributed by atoms with van der Waals surface area (Å²) in [4.78, 5) is 2.42. The fraction of sp³-hybridized carbons (Fsp3) is 0.0625. The van der Waals surface area contributed by atoms with Gasteiger partial charge in [-0.15, -0.1) is 0 Å². The van der Waals surface area contributed by atoms with Gasteiger partial charge >= 0.3 is 0 Å². The fourth-order valence-corrected chi connectivity index (χ4v) is 10.5. The van der Waals surface area contributed by atoms with Crippen LogP contribution in [0.3, 0.4) is 0 Å². The van der Waals surface area contributed by atoms with E-state index in [-0.39, 0.29) is 0 Å². The molecule has 12 rings (SSSR count). The van der Waals surface area contributed by atoms with E-state index in [1.54, 1.807) is 0 Å². The molecule has 65 heavy (non-hydrogen) atoms. The predicted octanol–water partition coefficient (Wildman–Crippen LogP) is 17.6. The molecular weight excluding hydrogens is 783 g/mol. The number of nitrogens with zero attached hydrogens (tertiary/aromatic N) is 1. The first-order valence-electron chi connectivity index (χ1n) is 23.0. The molecule has 0 radical (unpaired) electrons. The molecule has 0 aliphatic heterocycles. The Hall–Kier alpha value is -8.00. The van der Waals surface area contributed by atoms with Gasteiger partial charge in [-0.05, 0) is 161 Å². The van der Waals surface area contributed by atoms with E-state index in [2.05, 4.69) is 248 Å². The lowest BCUT2D eigenvalue weighted by Crippen LogP contribution is -2.12. The van der Waals surface area contributed by atoms with E-state index in [1.807, 2.05) is 0 Å². The van der Waals surface area contributed by atoms with Gasteiger partial charge in [0.1, 0.15) is 0 Å². The van der Waals surface area contributed by atoms with Gasteiger partial charge in [0.15, 0.2) is 0 Å². The molecule has 0 N–H and O–H groups in total. The molecule has 1 nitrogen and oxygen atoms in total. The second-order valence-electron chi connectivity index (χ2n) is 17.6. The van der Waals surface area contributed by atoms with Crippen molar-refractivity contribution in [1.29, 1.82) is 0 Å². The van der Waals surface area contributed by atoms with Crippen LogP contribution in [0, 0.1) is 0 Å². The third-order valence-corrected chi connectivity index (χ3v) is 13.8. The third-order valence-electron chi connectivity index (χ3n) is 13.8. The molecule has 0 spiro atoms. The van der Waals surface area contributed by atoms with E-state index in [1.165, 1.54) is 93.5 Å². The average Bonchev–Trinajstić information content (AvgIpc) is 3.38. The number of fused-ring (bicyclic) bond motifs is 7. The molecule has 0 bridgehead atoms. The van der Waals surface area contributed by atoms with Gasteiger partial charge in [-0.25, -0.2) is 0 Å². The van der Waals surface area contributed by atoms with Crippen LogP contribution in [0.15, 0.2) is 243 Å². The van der Waals surface area contributed by atoms with Crippen LogP contribution in [-0.4, -0.2) is 0 Å². The van der Waals surface area contributed by atoms with Crippen LogP contribution in [0.1, 0.15) is 29.0 Å². The van der Waals surface area contributed by atoms with Crippen molar-refractivity contribution in [3.8, 4) is 44.5 Å². The van der Waals surface area contributed by atoms with Crippen molar-refractivity contribution in [3.63, 3.8) is 0 Å². The maximum absolute atomic E-state index is 2.42. The van der Waals surface area contributed by atoms with E-state index in [0.717, 1.165) is 36.3 Å². The highest BCUT2D eigenvalue weighted by molar-refractivity contribution is 6.17. The summed E-state index contributed by atoms with van der Waals surface area (Å²) in [6, 6.07) is 89.7. The van der Waals surface area contributed by atoms with Crippen molar-refractivity contribution in [3.05, 3.63) is 259 Å². The number of benzene rings is 11. The van der Waals surface area contributed by atoms with Gasteiger partial charge in [0.05, 0.1) is 0 Å². The first kappa shape index (κ1) is 38.7. The Morgan fingerprint density at radius 3 is 1.80 bits per heavy atom. The molecule has 1 unspecified atom stereocenters. The zero-order chi connectivity index (χ0) is 43.1. The summed E-state index contributed by atoms with van der Waals surface area (Å²) in [5, 5.41) is 7.49. The van der Waals surface area contributed by atoms with E-state index in [9.17, 15) is 0 Å². The average molecular weight is 830 g/mol. The van der Waals surface area contributed by atoms with Crippen LogP contribution in [-0.2, 0) is 12.8 Å². The lowest BCUT2D eigenvalue weighted by atomic mass is 9.76. The summed E-state index contributed by atoms with van der Waals surface area (Å²) in [5.74, 6) is 0.516. The Morgan fingerprint density at radius 1 is 0.338 bits per heavy atom. The Balaban J connectivity index is 0.921. The maximum atomic E-state index is 2.42. The molecule has 1 heteroatoms. The van der Waals surface area contributed by atoms with E-state index < -0.39 is 0 Å². The van der Waals surface area contributed by atoms with Crippen molar-refractivity contribution in [2.24, 2.45) is 0 Å². The second kappa shape index (κ2) is 16.6. The quantitative estimate of drug-likeness (QED) is 0.131. The lowest BCUT2D eigenvalue weighted by molar-refractivity contribution is 0.616. The summed E-state index contributed by atoms with van der Waals surface area (Å²) >= 11 is 0. The van der Waals surface area contributed by atoms with Crippen molar-refractivity contribution in [2.45, 2.75) is 25.2 Å². The fourth-order valence-electron chi connectivity index (χ4n) is 10.5. The molecule has 0 aromatic heterocycles. The normalized spacial score (nSPS) is 13.1. The highest BCUT2D eigenvalue weighted by atomic mass is 15.1. The molecule has 0 heterocycles. The van der Waals surface area contributed by atoms with Gasteiger partial charge in [-0.3, -0.25) is 0 Å². The zero-order valence-corrected chi connectivity index (χ0v) is 36.2. The van der Waals surface area contributed by atoms with Gasteiger partial charge in [-0.1, -0.05) is 200 Å². The van der Waals surface area contributed by atoms with E-state index in [0.29, 0.717) is 5.92 Å². The second-order valence-corrected chi connectivity index (χ2v) is 17.6. The summed E-state index contributed by atoms with van der Waals surface area (Å²) in [6.45, 7) is 0. The summed E-state index contributed by atoms with van der Waals surface area (Å²) < 4.78 is 0. The number of rotatable bonds is 9. The molecular formula is C64H47N. The SMILES string of the molecule is c1ccc(-c2ccc(N(c3cccc(-c4ccc(CCC5Cc6ccccc6-c6ccccc65)cc4)c3)c3ccc4c(c3)c(-c3cccc5ccccc35)cc3ccccc34)cc2)cc1. The molecule has 11 aromatic carbocycles. The Morgan fingerprint density at radius 2 is 0.938 bits per heavy atom. The van der Waals surface area contributed by atoms with Crippen molar-refractivity contribution >= 4 is 49.4 Å². The summed E-state index contributed by atoms with van der Waals surface area (Å²) in [6.07, 6.45) is 3.27. The molecule has 0 saturated carbocycles. The standard InChI is InChI=1S/C64H47N/c1-2-14-45(15-3-1)46-34-36-53(37-35-46)65(55-38-39-62-58-24-9-6-18-51(58)42-63(64(62)43-55)61-27-13-19-48-16-4-7-22-56(48)61)54-21-12-20-49(41-54)47-31-28-44(29-32-47)30-33-52-40-50-17-5-8-23-57(50)60-26-11-10-25-59(52)60/h1-29,31-32,34-39,41-43,52H,30,33,40H2. The molecule has 11 aromatic rings. The monoisotopic (exact) mass is 829 g/mol. The summed E-state index contributed by atoms with van der Waals surface area (Å²) in [5.41, 5.74) is 17.8.